The third-order valence-corrected chi connectivity index (χ3v) is 3.92. The first-order chi connectivity index (χ1) is 12.4. The van der Waals surface area contributed by atoms with Crippen molar-refractivity contribution in [3.63, 3.8) is 0 Å². The molecule has 2 rings (SSSR count). The lowest BCUT2D eigenvalue weighted by Gasteiger charge is -2.15. The molecule has 0 heterocycles. The Hall–Kier alpha value is -2.89. The molecule has 26 heavy (non-hydrogen) atoms. The predicted molar refractivity (Wildman–Crippen MR) is 101 cm³/mol. The Labute approximate surface area is 153 Å². The zero-order chi connectivity index (χ0) is 19.1. The lowest BCUT2D eigenvalue weighted by molar-refractivity contribution is -0.131. The van der Waals surface area contributed by atoms with Crippen LogP contribution in [-0.4, -0.2) is 23.8 Å². The van der Waals surface area contributed by atoms with Gasteiger partial charge in [0.2, 0.25) is 11.8 Å². The third kappa shape index (κ3) is 5.58. The molecule has 6 heteroatoms. The molecule has 0 aliphatic heterocycles. The monoisotopic (exact) mass is 355 g/mol. The molecule has 2 aromatic carbocycles. The van der Waals surface area contributed by atoms with Crippen LogP contribution < -0.4 is 16.2 Å². The van der Waals surface area contributed by atoms with Crippen molar-refractivity contribution < 1.29 is 14.4 Å². The van der Waals surface area contributed by atoms with E-state index >= 15 is 0 Å². The molecule has 0 saturated heterocycles. The Morgan fingerprint density at radius 1 is 0.885 bits per heavy atom. The average molecular weight is 355 g/mol. The molecule has 3 N–H and O–H groups in total. The van der Waals surface area contributed by atoms with E-state index < -0.39 is 11.9 Å². The summed E-state index contributed by atoms with van der Waals surface area (Å²) >= 11 is 0. The maximum absolute atomic E-state index is 12.3. The molecule has 6 nitrogen and oxygen atoms in total. The summed E-state index contributed by atoms with van der Waals surface area (Å²) in [6.45, 7) is 5.40. The van der Waals surface area contributed by atoms with Crippen molar-refractivity contribution in [3.8, 4) is 0 Å². The van der Waals surface area contributed by atoms with E-state index in [0.29, 0.717) is 6.42 Å². The van der Waals surface area contributed by atoms with Crippen LogP contribution in [0.1, 0.15) is 32.8 Å². The van der Waals surface area contributed by atoms with E-state index in [1.165, 1.54) is 0 Å². The van der Waals surface area contributed by atoms with Gasteiger partial charge in [0.1, 0.15) is 6.04 Å². The van der Waals surface area contributed by atoms with Gasteiger partial charge in [-0.3, -0.25) is 25.2 Å². The van der Waals surface area contributed by atoms with Crippen molar-refractivity contribution in [3.05, 3.63) is 48.0 Å². The first kappa shape index (κ1) is 19.4. The molecular weight excluding hydrogens is 330 g/mol. The second-order valence-electron chi connectivity index (χ2n) is 6.74. The van der Waals surface area contributed by atoms with E-state index in [1.54, 1.807) is 6.92 Å². The fraction of sp³-hybridized carbons (Fsp3) is 0.350. The zero-order valence-electron chi connectivity index (χ0n) is 15.3. The van der Waals surface area contributed by atoms with Crippen molar-refractivity contribution in [2.24, 2.45) is 5.92 Å². The summed E-state index contributed by atoms with van der Waals surface area (Å²) in [4.78, 5) is 35.8. The molecule has 0 aromatic heterocycles. The highest BCUT2D eigenvalue weighted by Gasteiger charge is 2.17. The van der Waals surface area contributed by atoms with Crippen molar-refractivity contribution in [1.82, 2.24) is 16.2 Å². The minimum Gasteiger partial charge on any atom is -0.344 e. The van der Waals surface area contributed by atoms with E-state index in [9.17, 15) is 14.4 Å². The minimum atomic E-state index is -0.753. The largest absolute Gasteiger partial charge is 0.344 e. The van der Waals surface area contributed by atoms with Gasteiger partial charge >= 0.3 is 0 Å². The van der Waals surface area contributed by atoms with E-state index in [0.717, 1.165) is 16.3 Å². The summed E-state index contributed by atoms with van der Waals surface area (Å²) in [5.74, 6) is -0.779. The van der Waals surface area contributed by atoms with Crippen molar-refractivity contribution >= 4 is 28.5 Å². The van der Waals surface area contributed by atoms with E-state index in [4.69, 9.17) is 0 Å². The number of benzene rings is 2. The van der Waals surface area contributed by atoms with E-state index in [1.807, 2.05) is 56.3 Å². The summed E-state index contributed by atoms with van der Waals surface area (Å²) in [5, 5.41) is 4.74. The summed E-state index contributed by atoms with van der Waals surface area (Å²) in [6, 6.07) is 12.9. The van der Waals surface area contributed by atoms with Crippen LogP contribution in [0.5, 0.6) is 0 Å². The van der Waals surface area contributed by atoms with Gasteiger partial charge in [0, 0.05) is 6.42 Å². The van der Waals surface area contributed by atoms with Gasteiger partial charge in [-0.1, -0.05) is 56.3 Å². The van der Waals surface area contributed by atoms with Gasteiger partial charge in [0.25, 0.3) is 5.91 Å². The van der Waals surface area contributed by atoms with Crippen LogP contribution in [0.3, 0.4) is 0 Å². The fourth-order valence-corrected chi connectivity index (χ4v) is 2.64. The zero-order valence-corrected chi connectivity index (χ0v) is 15.3. The second kappa shape index (κ2) is 8.99. The standard InChI is InChI=1S/C20H25N3O3/c1-13(2)11-19(25)22-23-20(26)14(3)21-18(24)12-16-9-6-8-15-7-4-5-10-17(15)16/h4-10,13-14H,11-12H2,1-3H3,(H,21,24)(H,22,25)(H,23,26). The highest BCUT2D eigenvalue weighted by Crippen LogP contribution is 2.18. The normalized spacial score (nSPS) is 11.8. The molecule has 2 aromatic rings. The molecule has 0 aliphatic carbocycles. The molecule has 1 unspecified atom stereocenters. The predicted octanol–water partition coefficient (Wildman–Crippen LogP) is 2.08. The molecule has 0 fully saturated rings. The Kier molecular flexibility index (Phi) is 6.72. The molecule has 0 radical (unpaired) electrons. The first-order valence-electron chi connectivity index (χ1n) is 8.71. The summed E-state index contributed by atoms with van der Waals surface area (Å²) in [5.41, 5.74) is 5.59. The Morgan fingerprint density at radius 3 is 2.31 bits per heavy atom. The van der Waals surface area contributed by atoms with Gasteiger partial charge in [0.15, 0.2) is 0 Å². The SMILES string of the molecule is CC(C)CC(=O)NNC(=O)C(C)NC(=O)Cc1cccc2ccccc12. The molecule has 0 saturated carbocycles. The van der Waals surface area contributed by atoms with Crippen LogP contribution in [0.25, 0.3) is 10.8 Å². The van der Waals surface area contributed by atoms with Gasteiger partial charge in [-0.15, -0.1) is 0 Å². The number of hydrogen-bond donors (Lipinski definition) is 3. The minimum absolute atomic E-state index is 0.179. The van der Waals surface area contributed by atoms with E-state index in [2.05, 4.69) is 16.2 Å². The number of nitrogens with one attached hydrogen (secondary N) is 3. The maximum Gasteiger partial charge on any atom is 0.260 e. The van der Waals surface area contributed by atoms with Crippen molar-refractivity contribution in [2.75, 3.05) is 0 Å². The summed E-state index contributed by atoms with van der Waals surface area (Å²) in [7, 11) is 0. The molecule has 0 spiro atoms. The number of carbonyl (C=O) groups excluding carboxylic acids is 3. The number of rotatable bonds is 6. The van der Waals surface area contributed by atoms with Crippen LogP contribution in [0.4, 0.5) is 0 Å². The number of hydrogen-bond acceptors (Lipinski definition) is 3. The van der Waals surface area contributed by atoms with Crippen molar-refractivity contribution in [1.29, 1.82) is 0 Å². The quantitative estimate of drug-likeness (QED) is 0.693. The Morgan fingerprint density at radius 2 is 1.58 bits per heavy atom. The topological polar surface area (TPSA) is 87.3 Å². The van der Waals surface area contributed by atoms with E-state index in [-0.39, 0.29) is 24.2 Å². The van der Waals surface area contributed by atoms with Gasteiger partial charge < -0.3 is 5.32 Å². The molecular formula is C20H25N3O3. The Balaban J connectivity index is 1.88. The number of hydrazine groups is 1. The highest BCUT2D eigenvalue weighted by atomic mass is 16.2. The number of amides is 3. The van der Waals surface area contributed by atoms with Crippen LogP contribution in [0.15, 0.2) is 42.5 Å². The highest BCUT2D eigenvalue weighted by molar-refractivity contribution is 5.92. The van der Waals surface area contributed by atoms with Crippen LogP contribution in [0, 0.1) is 5.92 Å². The smallest absolute Gasteiger partial charge is 0.260 e. The van der Waals surface area contributed by atoms with Gasteiger partial charge in [-0.25, -0.2) is 0 Å². The molecule has 1 atom stereocenters. The second-order valence-corrected chi connectivity index (χ2v) is 6.74. The van der Waals surface area contributed by atoms with Crippen molar-refractivity contribution in [2.45, 2.75) is 39.7 Å². The first-order valence-corrected chi connectivity index (χ1v) is 8.71. The molecule has 0 aliphatic rings. The van der Waals surface area contributed by atoms with Crippen LogP contribution in [0.2, 0.25) is 0 Å². The summed E-state index contributed by atoms with van der Waals surface area (Å²) in [6.07, 6.45) is 0.501. The number of fused-ring (bicyclic) bond motifs is 1. The van der Waals surface area contributed by atoms with Crippen LogP contribution >= 0.6 is 0 Å². The van der Waals surface area contributed by atoms with Crippen LogP contribution in [-0.2, 0) is 20.8 Å². The third-order valence-electron chi connectivity index (χ3n) is 3.92. The average Bonchev–Trinajstić information content (AvgIpc) is 2.59. The fourth-order valence-electron chi connectivity index (χ4n) is 2.64. The van der Waals surface area contributed by atoms with Gasteiger partial charge in [0.05, 0.1) is 6.42 Å². The Bertz CT molecular complexity index is 796. The maximum atomic E-state index is 12.3. The lowest BCUT2D eigenvalue weighted by atomic mass is 10.0. The van der Waals surface area contributed by atoms with Gasteiger partial charge in [-0.2, -0.15) is 0 Å². The molecule has 0 bridgehead atoms. The molecule has 138 valence electrons. The molecule has 3 amide bonds. The summed E-state index contributed by atoms with van der Waals surface area (Å²) < 4.78 is 0. The van der Waals surface area contributed by atoms with Gasteiger partial charge in [-0.05, 0) is 29.2 Å². The lowest BCUT2D eigenvalue weighted by Crippen LogP contribution is -2.51. The number of carbonyl (C=O) groups is 3.